The number of hydrogen-bond donors (Lipinski definition) is 0. The number of sulfonamides is 1. The highest BCUT2D eigenvalue weighted by Crippen LogP contribution is 2.40. The zero-order chi connectivity index (χ0) is 14.3. The summed E-state index contributed by atoms with van der Waals surface area (Å²) in [6.45, 7) is 4.42. The molecule has 0 radical (unpaired) electrons. The molecule has 2 atom stereocenters. The van der Waals surface area contributed by atoms with E-state index in [9.17, 15) is 8.42 Å². The molecular weight excluding hydrogens is 272 g/mol. The number of aryl methyl sites for hydroxylation is 2. The number of aromatic nitrogens is 1. The molecule has 0 bridgehead atoms. The fourth-order valence-electron chi connectivity index (χ4n) is 2.33. The van der Waals surface area contributed by atoms with Crippen LogP contribution in [0.4, 0.5) is 0 Å². The van der Waals surface area contributed by atoms with Gasteiger partial charge in [-0.3, -0.25) is 0 Å². The molecule has 0 aliphatic carbocycles. The largest absolute Gasteiger partial charge is 0.261 e. The molecule has 5 heteroatoms. The second-order valence-electron chi connectivity index (χ2n) is 5.12. The zero-order valence-electron chi connectivity index (χ0n) is 11.4. The molecule has 1 aromatic heterocycles. The predicted molar refractivity (Wildman–Crippen MR) is 76.8 cm³/mol. The quantitative estimate of drug-likeness (QED) is 0.815. The highest BCUT2D eigenvalue weighted by Gasteiger charge is 2.46. The van der Waals surface area contributed by atoms with Crippen molar-refractivity contribution in [1.82, 2.24) is 9.29 Å². The Morgan fingerprint density at radius 2 is 1.90 bits per heavy atom. The maximum Gasteiger partial charge on any atom is 0.261 e. The molecule has 1 saturated heterocycles. The third-order valence-electron chi connectivity index (χ3n) is 3.57. The van der Waals surface area contributed by atoms with Crippen LogP contribution in [0, 0.1) is 13.8 Å². The van der Waals surface area contributed by atoms with Gasteiger partial charge in [-0.2, -0.15) is 4.31 Å². The summed E-state index contributed by atoms with van der Waals surface area (Å²) in [7, 11) is -3.47. The smallest absolute Gasteiger partial charge is 0.243 e. The first-order valence-electron chi connectivity index (χ1n) is 6.50. The van der Waals surface area contributed by atoms with E-state index in [1.54, 1.807) is 18.3 Å². The molecule has 0 saturated carbocycles. The first-order valence-corrected chi connectivity index (χ1v) is 7.94. The van der Waals surface area contributed by atoms with Crippen LogP contribution >= 0.6 is 0 Å². The molecule has 1 fully saturated rings. The lowest BCUT2D eigenvalue weighted by Gasteiger charge is -2.07. The van der Waals surface area contributed by atoms with E-state index in [2.05, 4.69) is 4.98 Å². The summed E-state index contributed by atoms with van der Waals surface area (Å²) in [5.74, 6) is 0. The molecule has 0 spiro atoms. The number of hydrogen-bond acceptors (Lipinski definition) is 3. The van der Waals surface area contributed by atoms with Gasteiger partial charge in [0.25, 0.3) is 10.0 Å². The minimum Gasteiger partial charge on any atom is -0.243 e. The highest BCUT2D eigenvalue weighted by molar-refractivity contribution is 7.89. The van der Waals surface area contributed by atoms with E-state index in [0.29, 0.717) is 6.54 Å². The summed E-state index contributed by atoms with van der Waals surface area (Å²) >= 11 is 0. The fraction of sp³-hybridized carbons (Fsp3) is 0.267. The lowest BCUT2D eigenvalue weighted by Crippen LogP contribution is -2.14. The summed E-state index contributed by atoms with van der Waals surface area (Å²) < 4.78 is 26.4. The molecule has 104 valence electrons. The van der Waals surface area contributed by atoms with Crippen LogP contribution in [0.5, 0.6) is 0 Å². The molecule has 0 amide bonds. The monoisotopic (exact) mass is 288 g/mol. The van der Waals surface area contributed by atoms with Gasteiger partial charge in [0.2, 0.25) is 0 Å². The average Bonchev–Trinajstić information content (AvgIpc) is 3.20. The molecular formula is C15H16N2O2S. The second-order valence-corrected chi connectivity index (χ2v) is 6.96. The third kappa shape index (κ3) is 2.23. The molecule has 3 rings (SSSR count). The fourth-order valence-corrected chi connectivity index (χ4v) is 3.78. The lowest BCUT2D eigenvalue weighted by atomic mass is 10.1. The molecule has 2 unspecified atom stereocenters. The van der Waals surface area contributed by atoms with Crippen molar-refractivity contribution in [3.8, 4) is 0 Å². The first-order chi connectivity index (χ1) is 9.50. The minimum absolute atomic E-state index is 0.0516. The Hall–Kier alpha value is -1.72. The van der Waals surface area contributed by atoms with Gasteiger partial charge in [-0.15, -0.1) is 0 Å². The van der Waals surface area contributed by atoms with Crippen LogP contribution in [0.1, 0.15) is 22.7 Å². The molecule has 1 aliphatic rings. The lowest BCUT2D eigenvalue weighted by molar-refractivity contribution is 0.550. The highest BCUT2D eigenvalue weighted by atomic mass is 32.2. The molecule has 4 nitrogen and oxygen atoms in total. The van der Waals surface area contributed by atoms with E-state index in [-0.39, 0.29) is 11.1 Å². The van der Waals surface area contributed by atoms with Crippen LogP contribution in [-0.4, -0.2) is 24.3 Å². The van der Waals surface area contributed by atoms with Gasteiger partial charge in [0.1, 0.15) is 0 Å². The zero-order valence-corrected chi connectivity index (χ0v) is 12.3. The number of nitrogens with zero attached hydrogens (tertiary/aromatic N) is 2. The van der Waals surface area contributed by atoms with Crippen molar-refractivity contribution in [3.63, 3.8) is 0 Å². The second kappa shape index (κ2) is 4.68. The van der Waals surface area contributed by atoms with Crippen LogP contribution in [0.15, 0.2) is 47.6 Å². The van der Waals surface area contributed by atoms with Gasteiger partial charge >= 0.3 is 0 Å². The van der Waals surface area contributed by atoms with Gasteiger partial charge < -0.3 is 0 Å². The third-order valence-corrected chi connectivity index (χ3v) is 5.36. The predicted octanol–water partition coefficient (Wildman–Crippen LogP) is 2.44. The molecule has 2 aromatic rings. The first kappa shape index (κ1) is 13.3. The Morgan fingerprint density at radius 1 is 1.15 bits per heavy atom. The maximum atomic E-state index is 12.5. The summed E-state index contributed by atoms with van der Waals surface area (Å²) in [5, 5.41) is 0.124. The Labute approximate surface area is 119 Å². The van der Waals surface area contributed by atoms with Crippen molar-refractivity contribution < 1.29 is 8.42 Å². The van der Waals surface area contributed by atoms with Crippen LogP contribution < -0.4 is 0 Å². The van der Waals surface area contributed by atoms with Crippen molar-refractivity contribution in [2.45, 2.75) is 24.9 Å². The summed E-state index contributed by atoms with van der Waals surface area (Å²) in [4.78, 5) is 4.03. The SMILES string of the molecule is Cc1ccc(S(=O)(=O)N2CC2c2ccccc2C)nc1. The Bertz CT molecular complexity index is 739. The van der Waals surface area contributed by atoms with Crippen LogP contribution in [0.2, 0.25) is 0 Å². The average molecular weight is 288 g/mol. The minimum atomic E-state index is -3.47. The van der Waals surface area contributed by atoms with Gasteiger partial charge in [-0.25, -0.2) is 13.4 Å². The van der Waals surface area contributed by atoms with E-state index in [0.717, 1.165) is 16.7 Å². The van der Waals surface area contributed by atoms with Crippen molar-refractivity contribution in [2.75, 3.05) is 6.54 Å². The number of pyridine rings is 1. The Balaban J connectivity index is 1.89. The van der Waals surface area contributed by atoms with E-state index in [1.807, 2.05) is 38.1 Å². The summed E-state index contributed by atoms with van der Waals surface area (Å²) in [6, 6.07) is 11.2. The number of benzene rings is 1. The molecule has 20 heavy (non-hydrogen) atoms. The van der Waals surface area contributed by atoms with Crippen LogP contribution in [-0.2, 0) is 10.0 Å². The van der Waals surface area contributed by atoms with Crippen molar-refractivity contribution in [1.29, 1.82) is 0 Å². The van der Waals surface area contributed by atoms with E-state index < -0.39 is 10.0 Å². The van der Waals surface area contributed by atoms with Gasteiger partial charge in [0.15, 0.2) is 5.03 Å². The topological polar surface area (TPSA) is 50.0 Å². The Morgan fingerprint density at radius 3 is 2.55 bits per heavy atom. The standard InChI is InChI=1S/C15H16N2O2S/c1-11-7-8-15(16-9-11)20(18,19)17-10-14(17)13-6-4-3-5-12(13)2/h3-9,14H,10H2,1-2H3. The van der Waals surface area contributed by atoms with Crippen molar-refractivity contribution in [2.24, 2.45) is 0 Å². The Kier molecular flexibility index (Phi) is 3.11. The van der Waals surface area contributed by atoms with Gasteiger partial charge in [-0.1, -0.05) is 30.3 Å². The van der Waals surface area contributed by atoms with Crippen molar-refractivity contribution in [3.05, 3.63) is 59.3 Å². The van der Waals surface area contributed by atoms with Gasteiger partial charge in [-0.05, 0) is 36.6 Å². The van der Waals surface area contributed by atoms with E-state index in [1.165, 1.54) is 4.31 Å². The van der Waals surface area contributed by atoms with Gasteiger partial charge in [0.05, 0.1) is 6.04 Å². The maximum absolute atomic E-state index is 12.5. The molecule has 1 aliphatic heterocycles. The van der Waals surface area contributed by atoms with Crippen LogP contribution in [0.3, 0.4) is 0 Å². The normalized spacial score (nSPS) is 21.7. The molecule has 0 N–H and O–H groups in total. The van der Waals surface area contributed by atoms with Gasteiger partial charge in [0, 0.05) is 12.7 Å². The molecule has 2 heterocycles. The van der Waals surface area contributed by atoms with Crippen LogP contribution in [0.25, 0.3) is 0 Å². The number of rotatable bonds is 3. The summed E-state index contributed by atoms with van der Waals surface area (Å²) in [6.07, 6.45) is 1.58. The molecule has 1 aromatic carbocycles. The van der Waals surface area contributed by atoms with Crippen molar-refractivity contribution >= 4 is 10.0 Å². The van der Waals surface area contributed by atoms with E-state index >= 15 is 0 Å². The summed E-state index contributed by atoms with van der Waals surface area (Å²) in [5.41, 5.74) is 3.14. The van der Waals surface area contributed by atoms with E-state index in [4.69, 9.17) is 0 Å².